The third-order valence-electron chi connectivity index (χ3n) is 3.37. The third-order valence-corrected chi connectivity index (χ3v) is 4.93. The lowest BCUT2D eigenvalue weighted by molar-refractivity contribution is -0.146. The number of sulfonamides is 1. The van der Waals surface area contributed by atoms with Crippen molar-refractivity contribution in [2.45, 2.75) is 30.6 Å². The van der Waals surface area contributed by atoms with Crippen molar-refractivity contribution in [3.8, 4) is 0 Å². The first-order chi connectivity index (χ1) is 12.1. The van der Waals surface area contributed by atoms with Crippen LogP contribution >= 0.6 is 0 Å². The number of carbonyl (C=O) groups excluding carboxylic acids is 1. The van der Waals surface area contributed by atoms with E-state index in [2.05, 4.69) is 4.72 Å². The highest BCUT2D eigenvalue weighted by molar-refractivity contribution is 7.89. The van der Waals surface area contributed by atoms with E-state index in [-0.39, 0.29) is 10.5 Å². The number of alkyl halides is 3. The summed E-state index contributed by atoms with van der Waals surface area (Å²) in [7, 11) is -3.91. The van der Waals surface area contributed by atoms with Crippen LogP contribution in [-0.4, -0.2) is 20.4 Å². The molecule has 0 radical (unpaired) electrons. The van der Waals surface area contributed by atoms with E-state index in [0.717, 1.165) is 12.1 Å². The van der Waals surface area contributed by atoms with Gasteiger partial charge in [-0.05, 0) is 36.8 Å². The molecule has 0 fully saturated rings. The molecule has 0 aromatic heterocycles. The summed E-state index contributed by atoms with van der Waals surface area (Å²) in [5.41, 5.74) is -0.713. The van der Waals surface area contributed by atoms with Crippen LogP contribution in [0.25, 0.3) is 0 Å². The van der Waals surface area contributed by atoms with Crippen molar-refractivity contribution in [2.24, 2.45) is 0 Å². The van der Waals surface area contributed by atoms with Gasteiger partial charge in [0.1, 0.15) is 12.6 Å². The van der Waals surface area contributed by atoms with Crippen molar-refractivity contribution in [2.75, 3.05) is 0 Å². The molecule has 26 heavy (non-hydrogen) atoms. The fourth-order valence-electron chi connectivity index (χ4n) is 2.07. The van der Waals surface area contributed by atoms with Crippen LogP contribution in [0.15, 0.2) is 59.5 Å². The first-order valence-electron chi connectivity index (χ1n) is 7.50. The molecule has 0 aliphatic carbocycles. The second-order valence-corrected chi connectivity index (χ2v) is 7.18. The van der Waals surface area contributed by atoms with Crippen LogP contribution in [0, 0.1) is 0 Å². The summed E-state index contributed by atoms with van der Waals surface area (Å²) in [5, 5.41) is 0. The standard InChI is InChI=1S/C17H16F3NO4S/c1-12(21-26(23,24)15-8-3-2-4-9-15)16(22)25-11-13-6-5-7-14(10-13)17(18,19)20/h2-10,12,21H,11H2,1H3/t12-/m0/s1. The van der Waals surface area contributed by atoms with Gasteiger partial charge in [-0.1, -0.05) is 30.3 Å². The highest BCUT2D eigenvalue weighted by Crippen LogP contribution is 2.29. The Morgan fingerprint density at radius 3 is 2.38 bits per heavy atom. The monoisotopic (exact) mass is 387 g/mol. The molecule has 0 unspecified atom stereocenters. The van der Waals surface area contributed by atoms with Crippen molar-refractivity contribution in [3.63, 3.8) is 0 Å². The molecular weight excluding hydrogens is 371 g/mol. The second-order valence-electron chi connectivity index (χ2n) is 5.46. The number of hydrogen-bond donors (Lipinski definition) is 1. The summed E-state index contributed by atoms with van der Waals surface area (Å²) in [5.74, 6) is -0.901. The van der Waals surface area contributed by atoms with Gasteiger partial charge in [0.05, 0.1) is 10.5 Å². The predicted molar refractivity (Wildman–Crippen MR) is 87.5 cm³/mol. The zero-order valence-electron chi connectivity index (χ0n) is 13.7. The van der Waals surface area contributed by atoms with Crippen molar-refractivity contribution in [1.82, 2.24) is 4.72 Å². The molecule has 0 aliphatic rings. The quantitative estimate of drug-likeness (QED) is 0.773. The Labute approximate surface area is 148 Å². The first-order valence-corrected chi connectivity index (χ1v) is 8.98. The normalized spacial score (nSPS) is 13.2. The largest absolute Gasteiger partial charge is 0.460 e. The lowest BCUT2D eigenvalue weighted by Crippen LogP contribution is -2.39. The molecule has 0 saturated carbocycles. The third kappa shape index (κ3) is 5.30. The lowest BCUT2D eigenvalue weighted by atomic mass is 10.1. The van der Waals surface area contributed by atoms with Crippen molar-refractivity contribution >= 4 is 16.0 Å². The van der Waals surface area contributed by atoms with Gasteiger partial charge in [0, 0.05) is 0 Å². The van der Waals surface area contributed by atoms with E-state index in [1.165, 1.54) is 43.3 Å². The number of nitrogens with one attached hydrogen (secondary N) is 1. The Hall–Kier alpha value is -2.39. The van der Waals surface area contributed by atoms with Gasteiger partial charge in [0.2, 0.25) is 10.0 Å². The molecule has 2 aromatic rings. The van der Waals surface area contributed by atoms with Gasteiger partial charge in [0.25, 0.3) is 0 Å². The van der Waals surface area contributed by atoms with Gasteiger partial charge >= 0.3 is 12.1 Å². The number of ether oxygens (including phenoxy) is 1. The van der Waals surface area contributed by atoms with E-state index in [1.54, 1.807) is 6.07 Å². The summed E-state index contributed by atoms with van der Waals surface area (Å²) in [6.07, 6.45) is -4.50. The number of halogens is 3. The molecule has 0 bridgehead atoms. The van der Waals surface area contributed by atoms with Gasteiger partial charge in [-0.15, -0.1) is 0 Å². The van der Waals surface area contributed by atoms with Crippen LogP contribution in [0.2, 0.25) is 0 Å². The van der Waals surface area contributed by atoms with Gasteiger partial charge in [0.15, 0.2) is 0 Å². The maximum absolute atomic E-state index is 12.7. The van der Waals surface area contributed by atoms with Crippen LogP contribution in [0.3, 0.4) is 0 Å². The van der Waals surface area contributed by atoms with Crippen molar-refractivity contribution in [3.05, 3.63) is 65.7 Å². The van der Waals surface area contributed by atoms with Crippen molar-refractivity contribution in [1.29, 1.82) is 0 Å². The summed E-state index contributed by atoms with van der Waals surface area (Å²) >= 11 is 0. The molecule has 2 rings (SSSR count). The number of rotatable bonds is 6. The van der Waals surface area contributed by atoms with Gasteiger partial charge in [-0.3, -0.25) is 4.79 Å². The number of benzene rings is 2. The van der Waals surface area contributed by atoms with E-state index < -0.39 is 40.4 Å². The predicted octanol–water partition coefficient (Wildman–Crippen LogP) is 3.12. The van der Waals surface area contributed by atoms with Crippen LogP contribution in [0.1, 0.15) is 18.1 Å². The Morgan fingerprint density at radius 2 is 1.77 bits per heavy atom. The van der Waals surface area contributed by atoms with Gasteiger partial charge in [-0.2, -0.15) is 17.9 Å². The SMILES string of the molecule is C[C@H](NS(=O)(=O)c1ccccc1)C(=O)OCc1cccc(C(F)(F)F)c1. The summed E-state index contributed by atoms with van der Waals surface area (Å²) in [4.78, 5) is 11.9. The molecule has 0 spiro atoms. The lowest BCUT2D eigenvalue weighted by Gasteiger charge is -2.14. The summed E-state index contributed by atoms with van der Waals surface area (Å²) in [6, 6.07) is 10.6. The second kappa shape index (κ2) is 7.88. The topological polar surface area (TPSA) is 72.5 Å². The molecule has 140 valence electrons. The molecule has 9 heteroatoms. The fraction of sp³-hybridized carbons (Fsp3) is 0.235. The molecule has 5 nitrogen and oxygen atoms in total. The smallest absolute Gasteiger partial charge is 0.416 e. The fourth-order valence-corrected chi connectivity index (χ4v) is 3.28. The summed E-state index contributed by atoms with van der Waals surface area (Å²) in [6.45, 7) is 0.884. The molecule has 0 amide bonds. The molecule has 0 heterocycles. The molecule has 1 N–H and O–H groups in total. The summed E-state index contributed by atoms with van der Waals surface area (Å²) < 4.78 is 69.3. The van der Waals surface area contributed by atoms with E-state index in [1.807, 2.05) is 0 Å². The minimum Gasteiger partial charge on any atom is -0.460 e. The first kappa shape index (κ1) is 19.9. The van der Waals surface area contributed by atoms with Gasteiger partial charge in [-0.25, -0.2) is 8.42 Å². The Kier molecular flexibility index (Phi) is 6.04. The minimum absolute atomic E-state index is 0.0162. The van der Waals surface area contributed by atoms with E-state index >= 15 is 0 Å². The number of esters is 1. The average molecular weight is 387 g/mol. The van der Waals surface area contributed by atoms with Crippen LogP contribution in [0.5, 0.6) is 0 Å². The maximum Gasteiger partial charge on any atom is 0.416 e. The zero-order chi connectivity index (χ0) is 19.4. The Morgan fingerprint density at radius 1 is 1.12 bits per heavy atom. The Balaban J connectivity index is 1.98. The molecular formula is C17H16F3NO4S. The van der Waals surface area contributed by atoms with E-state index in [0.29, 0.717) is 0 Å². The zero-order valence-corrected chi connectivity index (χ0v) is 14.5. The van der Waals surface area contributed by atoms with Crippen molar-refractivity contribution < 1.29 is 31.1 Å². The Bertz CT molecular complexity index is 867. The average Bonchev–Trinajstić information content (AvgIpc) is 2.59. The van der Waals surface area contributed by atoms with E-state index in [4.69, 9.17) is 4.74 Å². The minimum atomic E-state index is -4.50. The maximum atomic E-state index is 12.7. The number of hydrogen-bond acceptors (Lipinski definition) is 4. The highest BCUT2D eigenvalue weighted by Gasteiger charge is 2.30. The highest BCUT2D eigenvalue weighted by atomic mass is 32.2. The number of carbonyl (C=O) groups is 1. The van der Waals surface area contributed by atoms with Crippen LogP contribution in [0.4, 0.5) is 13.2 Å². The van der Waals surface area contributed by atoms with E-state index in [9.17, 15) is 26.4 Å². The molecule has 0 saturated heterocycles. The van der Waals surface area contributed by atoms with Crippen LogP contribution in [-0.2, 0) is 32.3 Å². The van der Waals surface area contributed by atoms with Crippen LogP contribution < -0.4 is 4.72 Å². The van der Waals surface area contributed by atoms with Gasteiger partial charge < -0.3 is 4.74 Å². The molecule has 1 atom stereocenters. The molecule has 2 aromatic carbocycles. The molecule has 0 aliphatic heterocycles.